The van der Waals surface area contributed by atoms with E-state index in [1.807, 2.05) is 13.0 Å². The molecule has 0 bridgehead atoms. The summed E-state index contributed by atoms with van der Waals surface area (Å²) in [5, 5.41) is 7.41. The van der Waals surface area contributed by atoms with Gasteiger partial charge in [0.1, 0.15) is 16.7 Å². The Labute approximate surface area is 245 Å². The molecule has 1 N–H and O–H groups in total. The molecule has 0 aliphatic rings. The summed E-state index contributed by atoms with van der Waals surface area (Å²) in [6, 6.07) is 12.7. The molecule has 1 aromatic heterocycles. The van der Waals surface area contributed by atoms with Gasteiger partial charge < -0.3 is 14.8 Å². The van der Waals surface area contributed by atoms with Gasteiger partial charge in [0.05, 0.1) is 29.4 Å². The number of nitrogens with zero attached hydrogens (tertiary/aromatic N) is 3. The molecule has 1 amide bonds. The molecule has 1 heterocycles. The minimum Gasteiger partial charge on any atom is -0.490 e. The van der Waals surface area contributed by atoms with E-state index in [1.54, 1.807) is 31.2 Å². The lowest BCUT2D eigenvalue weighted by molar-refractivity contribution is -0.118. The lowest BCUT2D eigenvalue weighted by Gasteiger charge is -2.16. The average molecular weight is 681 g/mol. The Morgan fingerprint density at radius 3 is 2.67 bits per heavy atom. The number of hydrogen-bond acceptors (Lipinski definition) is 6. The number of para-hydroxylation sites is 1. The van der Waals surface area contributed by atoms with Crippen LogP contribution in [0, 0.1) is 5.82 Å². The van der Waals surface area contributed by atoms with E-state index >= 15 is 0 Å². The Morgan fingerprint density at radius 2 is 1.95 bits per heavy atom. The van der Waals surface area contributed by atoms with Crippen LogP contribution in [0.4, 0.5) is 10.1 Å². The second kappa shape index (κ2) is 12.7. The van der Waals surface area contributed by atoms with Crippen LogP contribution in [-0.4, -0.2) is 35.0 Å². The average Bonchev–Trinajstić information content (AvgIpc) is 2.92. The van der Waals surface area contributed by atoms with E-state index in [4.69, 9.17) is 21.1 Å². The highest BCUT2D eigenvalue weighted by Gasteiger charge is 2.19. The molecule has 0 aliphatic carbocycles. The quantitative estimate of drug-likeness (QED) is 0.202. The first kappa shape index (κ1) is 28.7. The highest BCUT2D eigenvalue weighted by atomic mass is 79.9. The fraction of sp³-hybridized carbons (Fsp3) is 0.185. The lowest BCUT2D eigenvalue weighted by atomic mass is 10.2. The summed E-state index contributed by atoms with van der Waals surface area (Å²) in [6.45, 7) is 3.51. The molecular formula is C27H22Br2ClFN4O4. The maximum atomic E-state index is 13.9. The third-order valence-electron chi connectivity index (χ3n) is 5.46. The zero-order valence-corrected chi connectivity index (χ0v) is 24.7. The van der Waals surface area contributed by atoms with E-state index in [2.05, 4.69) is 47.3 Å². The van der Waals surface area contributed by atoms with E-state index in [0.29, 0.717) is 33.2 Å². The van der Waals surface area contributed by atoms with E-state index in [1.165, 1.54) is 29.1 Å². The number of ether oxygens (including phenoxy) is 2. The second-order valence-electron chi connectivity index (χ2n) is 8.08. The van der Waals surface area contributed by atoms with Gasteiger partial charge in [0.25, 0.3) is 11.5 Å². The maximum absolute atomic E-state index is 13.9. The van der Waals surface area contributed by atoms with Crippen molar-refractivity contribution in [2.75, 3.05) is 18.5 Å². The SMILES string of the molecule is CCOc1cc(C=Nn2c(CC)nc3ccc(Br)cc3c2=O)c(Br)c(Cl)c1OCC(=O)Nc1ccccc1F. The molecule has 0 saturated heterocycles. The van der Waals surface area contributed by atoms with Crippen LogP contribution in [0.15, 0.2) is 67.4 Å². The van der Waals surface area contributed by atoms with Gasteiger partial charge in [0.15, 0.2) is 18.1 Å². The summed E-state index contributed by atoms with van der Waals surface area (Å²) in [5.41, 5.74) is 0.791. The molecule has 0 atom stereocenters. The summed E-state index contributed by atoms with van der Waals surface area (Å²) in [7, 11) is 0. The molecule has 0 unspecified atom stereocenters. The number of carbonyl (C=O) groups is 1. The number of hydrogen-bond donors (Lipinski definition) is 1. The number of benzene rings is 3. The molecule has 0 fully saturated rings. The Bertz CT molecular complexity index is 1640. The van der Waals surface area contributed by atoms with Gasteiger partial charge in [0.2, 0.25) is 0 Å². The number of halogens is 4. The van der Waals surface area contributed by atoms with Crippen molar-refractivity contribution in [1.29, 1.82) is 0 Å². The van der Waals surface area contributed by atoms with Crippen LogP contribution >= 0.6 is 43.5 Å². The molecule has 0 saturated carbocycles. The summed E-state index contributed by atoms with van der Waals surface area (Å²) in [5.74, 6) is -0.282. The second-order valence-corrected chi connectivity index (χ2v) is 10.2. The topological polar surface area (TPSA) is 94.8 Å². The van der Waals surface area contributed by atoms with Crippen LogP contribution in [0.2, 0.25) is 5.02 Å². The first-order valence-corrected chi connectivity index (χ1v) is 13.8. The number of anilines is 1. The summed E-state index contributed by atoms with van der Waals surface area (Å²) < 4.78 is 27.6. The molecular weight excluding hydrogens is 659 g/mol. The lowest BCUT2D eigenvalue weighted by Crippen LogP contribution is -2.22. The van der Waals surface area contributed by atoms with Gasteiger partial charge in [-0.1, -0.05) is 46.6 Å². The van der Waals surface area contributed by atoms with Crippen LogP contribution in [0.5, 0.6) is 11.5 Å². The predicted octanol–water partition coefficient (Wildman–Crippen LogP) is 6.57. The van der Waals surface area contributed by atoms with Gasteiger partial charge in [0, 0.05) is 20.9 Å². The molecule has 8 nitrogen and oxygen atoms in total. The van der Waals surface area contributed by atoms with Crippen LogP contribution < -0.4 is 20.3 Å². The number of aryl methyl sites for hydroxylation is 1. The van der Waals surface area contributed by atoms with Crippen molar-refractivity contribution in [2.45, 2.75) is 20.3 Å². The number of amides is 1. The third kappa shape index (κ3) is 6.48. The molecule has 12 heteroatoms. The van der Waals surface area contributed by atoms with E-state index in [9.17, 15) is 14.0 Å². The van der Waals surface area contributed by atoms with Crippen LogP contribution in [-0.2, 0) is 11.2 Å². The van der Waals surface area contributed by atoms with Crippen molar-refractivity contribution in [3.8, 4) is 11.5 Å². The smallest absolute Gasteiger partial charge is 0.282 e. The van der Waals surface area contributed by atoms with Crippen LogP contribution in [0.3, 0.4) is 0 Å². The molecule has 4 rings (SSSR count). The van der Waals surface area contributed by atoms with Crippen molar-refractivity contribution in [1.82, 2.24) is 9.66 Å². The summed E-state index contributed by atoms with van der Waals surface area (Å²) >= 11 is 13.4. The Kier molecular flexibility index (Phi) is 9.36. The van der Waals surface area contributed by atoms with E-state index < -0.39 is 18.3 Å². The molecule has 3 aromatic carbocycles. The Hall–Kier alpha value is -3.28. The van der Waals surface area contributed by atoms with Crippen LogP contribution in [0.25, 0.3) is 10.9 Å². The standard InChI is InChI=1S/C27H22Br2ClFN4O4/c1-3-22-33-19-10-9-16(28)12-17(19)27(37)35(22)32-13-15-11-21(38-4-2)26(25(30)24(15)29)39-14-23(36)34-20-8-6-5-7-18(20)31/h5-13H,3-4,14H2,1-2H3,(H,34,36). The summed E-state index contributed by atoms with van der Waals surface area (Å²) in [6.07, 6.45) is 1.94. The fourth-order valence-electron chi connectivity index (χ4n) is 3.65. The van der Waals surface area contributed by atoms with Crippen molar-refractivity contribution < 1.29 is 18.7 Å². The van der Waals surface area contributed by atoms with Gasteiger partial charge in [-0.05, 0) is 59.3 Å². The number of rotatable bonds is 9. The van der Waals surface area contributed by atoms with Crippen LogP contribution in [0.1, 0.15) is 25.2 Å². The van der Waals surface area contributed by atoms with Gasteiger partial charge in [-0.15, -0.1) is 0 Å². The molecule has 202 valence electrons. The Morgan fingerprint density at radius 1 is 1.18 bits per heavy atom. The highest BCUT2D eigenvalue weighted by molar-refractivity contribution is 9.10. The van der Waals surface area contributed by atoms with Crippen molar-refractivity contribution in [3.05, 3.63) is 90.1 Å². The summed E-state index contributed by atoms with van der Waals surface area (Å²) in [4.78, 5) is 30.1. The normalized spacial score (nSPS) is 11.2. The van der Waals surface area contributed by atoms with Gasteiger partial charge in [-0.2, -0.15) is 9.78 Å². The Balaban J connectivity index is 1.64. The van der Waals surface area contributed by atoms with Gasteiger partial charge in [-0.25, -0.2) is 9.37 Å². The van der Waals surface area contributed by atoms with Crippen molar-refractivity contribution in [2.24, 2.45) is 5.10 Å². The van der Waals surface area contributed by atoms with E-state index in [-0.39, 0.29) is 34.4 Å². The minimum absolute atomic E-state index is 0.0344. The van der Waals surface area contributed by atoms with Gasteiger partial charge >= 0.3 is 0 Å². The fourth-order valence-corrected chi connectivity index (χ4v) is 4.66. The first-order valence-electron chi connectivity index (χ1n) is 11.8. The van der Waals surface area contributed by atoms with Crippen molar-refractivity contribution >= 4 is 72.2 Å². The van der Waals surface area contributed by atoms with Crippen molar-refractivity contribution in [3.63, 3.8) is 0 Å². The largest absolute Gasteiger partial charge is 0.490 e. The number of fused-ring (bicyclic) bond motifs is 1. The number of nitrogens with one attached hydrogen (secondary N) is 1. The molecule has 0 aliphatic heterocycles. The van der Waals surface area contributed by atoms with E-state index in [0.717, 1.165) is 4.47 Å². The maximum Gasteiger partial charge on any atom is 0.282 e. The molecule has 0 radical (unpaired) electrons. The monoisotopic (exact) mass is 678 g/mol. The predicted molar refractivity (Wildman–Crippen MR) is 157 cm³/mol. The van der Waals surface area contributed by atoms with Gasteiger partial charge in [-0.3, -0.25) is 9.59 Å². The first-order chi connectivity index (χ1) is 18.7. The minimum atomic E-state index is -0.581. The molecule has 39 heavy (non-hydrogen) atoms. The zero-order chi connectivity index (χ0) is 28.1. The third-order valence-corrected chi connectivity index (χ3v) is 7.39. The molecule has 0 spiro atoms. The highest BCUT2D eigenvalue weighted by Crippen LogP contribution is 2.42. The number of carbonyl (C=O) groups excluding carboxylic acids is 1. The zero-order valence-electron chi connectivity index (χ0n) is 20.8. The number of aromatic nitrogens is 2. The molecule has 4 aromatic rings.